The molecule has 16 heavy (non-hydrogen) atoms. The van der Waals surface area contributed by atoms with E-state index in [4.69, 9.17) is 0 Å². The molecule has 2 aromatic rings. The smallest absolute Gasteiger partial charge is 0.147 e. The van der Waals surface area contributed by atoms with Gasteiger partial charge in [-0.3, -0.25) is 9.67 Å². The second-order valence-corrected chi connectivity index (χ2v) is 3.39. The zero-order chi connectivity index (χ0) is 11.5. The van der Waals surface area contributed by atoms with E-state index < -0.39 is 11.9 Å². The van der Waals surface area contributed by atoms with Crippen LogP contribution in [0.2, 0.25) is 0 Å². The van der Waals surface area contributed by atoms with E-state index in [2.05, 4.69) is 15.1 Å². The van der Waals surface area contributed by atoms with Crippen LogP contribution in [-0.4, -0.2) is 24.9 Å². The highest BCUT2D eigenvalue weighted by atomic mass is 19.1. The standard InChI is InChI=1S/C10H11FN4O/c1-15-9(13-6-14-15)5-8(16)10-7(11)3-2-4-12-10/h2-4,6,8,16H,5H2,1H3. The van der Waals surface area contributed by atoms with E-state index in [0.717, 1.165) is 0 Å². The molecule has 84 valence electrons. The van der Waals surface area contributed by atoms with Crippen LogP contribution in [0, 0.1) is 5.82 Å². The van der Waals surface area contributed by atoms with Crippen LogP contribution < -0.4 is 0 Å². The third-order valence-corrected chi connectivity index (χ3v) is 2.28. The van der Waals surface area contributed by atoms with Gasteiger partial charge in [0.05, 0.1) is 0 Å². The van der Waals surface area contributed by atoms with Gasteiger partial charge in [0, 0.05) is 19.7 Å². The molecule has 0 aliphatic rings. The first-order valence-corrected chi connectivity index (χ1v) is 4.80. The quantitative estimate of drug-likeness (QED) is 0.827. The normalized spacial score (nSPS) is 12.7. The van der Waals surface area contributed by atoms with E-state index in [1.54, 1.807) is 7.05 Å². The third-order valence-electron chi connectivity index (χ3n) is 2.28. The van der Waals surface area contributed by atoms with E-state index in [0.29, 0.717) is 5.82 Å². The Morgan fingerprint density at radius 2 is 2.31 bits per heavy atom. The maximum absolute atomic E-state index is 13.3. The van der Waals surface area contributed by atoms with Gasteiger partial charge in [0.25, 0.3) is 0 Å². The van der Waals surface area contributed by atoms with Crippen LogP contribution in [0.4, 0.5) is 4.39 Å². The van der Waals surface area contributed by atoms with E-state index in [-0.39, 0.29) is 12.1 Å². The zero-order valence-electron chi connectivity index (χ0n) is 8.71. The number of pyridine rings is 1. The van der Waals surface area contributed by atoms with Gasteiger partial charge in [-0.15, -0.1) is 0 Å². The van der Waals surface area contributed by atoms with Crippen molar-refractivity contribution in [3.8, 4) is 0 Å². The van der Waals surface area contributed by atoms with Crippen LogP contribution in [0.1, 0.15) is 17.6 Å². The Hall–Kier alpha value is -1.82. The van der Waals surface area contributed by atoms with Crippen LogP contribution in [-0.2, 0) is 13.5 Å². The Morgan fingerprint density at radius 1 is 1.50 bits per heavy atom. The van der Waals surface area contributed by atoms with Crippen molar-refractivity contribution in [2.24, 2.45) is 7.05 Å². The maximum atomic E-state index is 13.3. The van der Waals surface area contributed by atoms with Gasteiger partial charge in [0.2, 0.25) is 0 Å². The molecule has 2 rings (SSSR count). The molecular formula is C10H11FN4O. The molecule has 0 radical (unpaired) electrons. The van der Waals surface area contributed by atoms with Crippen molar-refractivity contribution in [1.29, 1.82) is 0 Å². The molecule has 0 fully saturated rings. The van der Waals surface area contributed by atoms with Crippen molar-refractivity contribution in [3.63, 3.8) is 0 Å². The first-order valence-electron chi connectivity index (χ1n) is 4.80. The van der Waals surface area contributed by atoms with Crippen molar-refractivity contribution >= 4 is 0 Å². The highest BCUT2D eigenvalue weighted by Crippen LogP contribution is 2.17. The summed E-state index contributed by atoms with van der Waals surface area (Å²) in [4.78, 5) is 7.76. The molecular weight excluding hydrogens is 211 g/mol. The lowest BCUT2D eigenvalue weighted by atomic mass is 10.1. The fourth-order valence-corrected chi connectivity index (χ4v) is 1.42. The summed E-state index contributed by atoms with van der Waals surface area (Å²) in [5.74, 6) is 0.0646. The van der Waals surface area contributed by atoms with E-state index in [9.17, 15) is 9.50 Å². The number of rotatable bonds is 3. The van der Waals surface area contributed by atoms with E-state index in [1.165, 1.54) is 29.3 Å². The molecule has 5 nitrogen and oxygen atoms in total. The molecule has 0 aromatic carbocycles. The van der Waals surface area contributed by atoms with Gasteiger partial charge in [-0.1, -0.05) is 0 Å². The molecule has 0 spiro atoms. The molecule has 0 saturated carbocycles. The number of aryl methyl sites for hydroxylation is 1. The number of hydrogen-bond donors (Lipinski definition) is 1. The number of halogens is 1. The van der Waals surface area contributed by atoms with Gasteiger partial charge in [-0.2, -0.15) is 5.10 Å². The van der Waals surface area contributed by atoms with Crippen molar-refractivity contribution < 1.29 is 9.50 Å². The maximum Gasteiger partial charge on any atom is 0.147 e. The lowest BCUT2D eigenvalue weighted by molar-refractivity contribution is 0.164. The predicted molar refractivity (Wildman–Crippen MR) is 53.9 cm³/mol. The summed E-state index contributed by atoms with van der Waals surface area (Å²) in [6, 6.07) is 2.75. The fourth-order valence-electron chi connectivity index (χ4n) is 1.42. The highest BCUT2D eigenvalue weighted by Gasteiger charge is 2.16. The SMILES string of the molecule is Cn1ncnc1CC(O)c1ncccc1F. The summed E-state index contributed by atoms with van der Waals surface area (Å²) in [6.07, 6.45) is 2.00. The molecule has 2 heterocycles. The molecule has 1 atom stereocenters. The zero-order valence-corrected chi connectivity index (χ0v) is 8.71. The first-order chi connectivity index (χ1) is 7.68. The largest absolute Gasteiger partial charge is 0.386 e. The molecule has 2 aromatic heterocycles. The van der Waals surface area contributed by atoms with E-state index >= 15 is 0 Å². The van der Waals surface area contributed by atoms with Crippen LogP contribution >= 0.6 is 0 Å². The van der Waals surface area contributed by atoms with Crippen molar-refractivity contribution in [3.05, 3.63) is 42.0 Å². The average molecular weight is 222 g/mol. The molecule has 1 N–H and O–H groups in total. The Balaban J connectivity index is 2.18. The topological polar surface area (TPSA) is 63.8 Å². The Labute approximate surface area is 91.6 Å². The Morgan fingerprint density at radius 3 is 2.94 bits per heavy atom. The number of nitrogens with zero attached hydrogens (tertiary/aromatic N) is 4. The van der Waals surface area contributed by atoms with Gasteiger partial charge >= 0.3 is 0 Å². The van der Waals surface area contributed by atoms with Gasteiger partial charge in [-0.25, -0.2) is 9.37 Å². The number of aromatic nitrogens is 4. The summed E-state index contributed by atoms with van der Waals surface area (Å²) in [5, 5.41) is 13.7. The molecule has 0 aliphatic carbocycles. The van der Waals surface area contributed by atoms with Crippen molar-refractivity contribution in [2.75, 3.05) is 0 Å². The summed E-state index contributed by atoms with van der Waals surface area (Å²) in [6.45, 7) is 0. The molecule has 0 amide bonds. The molecule has 1 unspecified atom stereocenters. The van der Waals surface area contributed by atoms with Crippen molar-refractivity contribution in [2.45, 2.75) is 12.5 Å². The molecule has 0 saturated heterocycles. The van der Waals surface area contributed by atoms with Gasteiger partial charge < -0.3 is 5.11 Å². The van der Waals surface area contributed by atoms with E-state index in [1.807, 2.05) is 0 Å². The van der Waals surface area contributed by atoms with Gasteiger partial charge in [0.1, 0.15) is 29.8 Å². The van der Waals surface area contributed by atoms with Crippen LogP contribution in [0.15, 0.2) is 24.7 Å². The second-order valence-electron chi connectivity index (χ2n) is 3.39. The van der Waals surface area contributed by atoms with Crippen LogP contribution in [0.3, 0.4) is 0 Å². The highest BCUT2D eigenvalue weighted by molar-refractivity contribution is 5.11. The van der Waals surface area contributed by atoms with Crippen molar-refractivity contribution in [1.82, 2.24) is 19.7 Å². The lowest BCUT2D eigenvalue weighted by Crippen LogP contribution is -2.10. The second kappa shape index (κ2) is 4.36. The third kappa shape index (κ3) is 2.06. The monoisotopic (exact) mass is 222 g/mol. The molecule has 0 bridgehead atoms. The minimum atomic E-state index is -1.01. The molecule has 6 heteroatoms. The van der Waals surface area contributed by atoms with Crippen LogP contribution in [0.5, 0.6) is 0 Å². The number of hydrogen-bond acceptors (Lipinski definition) is 4. The summed E-state index contributed by atoms with van der Waals surface area (Å²) in [5.41, 5.74) is 0.0329. The first kappa shape index (κ1) is 10.7. The van der Waals surface area contributed by atoms with Gasteiger partial charge in [0.15, 0.2) is 0 Å². The number of aliphatic hydroxyl groups excluding tert-OH is 1. The molecule has 0 aliphatic heterocycles. The summed E-state index contributed by atoms with van der Waals surface area (Å²) < 4.78 is 14.8. The summed E-state index contributed by atoms with van der Waals surface area (Å²) >= 11 is 0. The minimum Gasteiger partial charge on any atom is -0.386 e. The van der Waals surface area contributed by atoms with Gasteiger partial charge in [-0.05, 0) is 12.1 Å². The average Bonchev–Trinajstić information content (AvgIpc) is 2.65. The summed E-state index contributed by atoms with van der Waals surface area (Å²) in [7, 11) is 1.71. The Kier molecular flexibility index (Phi) is 2.91. The number of aliphatic hydroxyl groups is 1. The Bertz CT molecular complexity index is 485. The minimum absolute atomic E-state index is 0.0329. The fraction of sp³-hybridized carbons (Fsp3) is 0.300. The predicted octanol–water partition coefficient (Wildman–Crippen LogP) is 0.625. The van der Waals surface area contributed by atoms with Crippen LogP contribution in [0.25, 0.3) is 0 Å². The lowest BCUT2D eigenvalue weighted by Gasteiger charge is -2.09.